The molecule has 4 heteroatoms. The second-order valence-corrected chi connectivity index (χ2v) is 20.5. The summed E-state index contributed by atoms with van der Waals surface area (Å²) in [6.45, 7) is -0.129. The molecular formula is C74H50BN3. The lowest BCUT2D eigenvalue weighted by Crippen LogP contribution is -2.61. The largest absolute Gasteiger partial charge is 0.311 e. The van der Waals surface area contributed by atoms with Gasteiger partial charge in [0.05, 0.1) is 5.69 Å². The highest BCUT2D eigenvalue weighted by atomic mass is 15.2. The third-order valence-electron chi connectivity index (χ3n) is 16.0. The van der Waals surface area contributed by atoms with Crippen molar-refractivity contribution < 1.29 is 0 Å². The molecule has 0 unspecified atom stereocenters. The molecule has 0 spiro atoms. The topological polar surface area (TPSA) is 9.72 Å². The first-order valence-electron chi connectivity index (χ1n) is 26.9. The Hall–Kier alpha value is -10.2. The van der Waals surface area contributed by atoms with Gasteiger partial charge in [-0.2, -0.15) is 0 Å². The van der Waals surface area contributed by atoms with Gasteiger partial charge in [-0.05, 0) is 155 Å². The molecule has 2 heterocycles. The summed E-state index contributed by atoms with van der Waals surface area (Å²) in [4.78, 5) is 7.55. The van der Waals surface area contributed by atoms with Crippen molar-refractivity contribution in [3.63, 3.8) is 0 Å². The van der Waals surface area contributed by atoms with Crippen molar-refractivity contribution in [2.45, 2.75) is 0 Å². The number of rotatable bonds is 9. The van der Waals surface area contributed by atoms with Crippen LogP contribution in [0.25, 0.3) is 66.1 Å². The van der Waals surface area contributed by atoms with Gasteiger partial charge in [0, 0.05) is 45.5 Å². The van der Waals surface area contributed by atoms with E-state index in [2.05, 4.69) is 318 Å². The minimum atomic E-state index is -0.129. The van der Waals surface area contributed by atoms with Crippen LogP contribution in [0.3, 0.4) is 0 Å². The van der Waals surface area contributed by atoms with E-state index in [1.165, 1.54) is 82.4 Å². The highest BCUT2D eigenvalue weighted by Gasteiger charge is 2.44. The van der Waals surface area contributed by atoms with E-state index in [1.54, 1.807) is 0 Å². The molecular weight excluding hydrogens is 942 g/mol. The second kappa shape index (κ2) is 18.9. The summed E-state index contributed by atoms with van der Waals surface area (Å²) in [5, 5.41) is 4.78. The summed E-state index contributed by atoms with van der Waals surface area (Å²) in [6.07, 6.45) is 0. The highest BCUT2D eigenvalue weighted by molar-refractivity contribution is 7.00. The molecule has 0 aliphatic carbocycles. The molecule has 78 heavy (non-hydrogen) atoms. The molecule has 0 saturated heterocycles. The first-order valence-corrected chi connectivity index (χ1v) is 26.9. The van der Waals surface area contributed by atoms with E-state index in [-0.39, 0.29) is 6.71 Å². The maximum Gasteiger partial charge on any atom is 0.252 e. The van der Waals surface area contributed by atoms with Crippen LogP contribution in [0.5, 0.6) is 0 Å². The van der Waals surface area contributed by atoms with Crippen LogP contribution in [-0.4, -0.2) is 6.71 Å². The minimum absolute atomic E-state index is 0.129. The Morgan fingerprint density at radius 2 is 0.564 bits per heavy atom. The van der Waals surface area contributed by atoms with Crippen LogP contribution < -0.4 is 31.1 Å². The normalized spacial score (nSPS) is 12.3. The van der Waals surface area contributed by atoms with E-state index in [0.29, 0.717) is 0 Å². The highest BCUT2D eigenvalue weighted by Crippen LogP contribution is 2.49. The number of benzene rings is 13. The van der Waals surface area contributed by atoms with Gasteiger partial charge in [0.15, 0.2) is 0 Å². The summed E-state index contributed by atoms with van der Waals surface area (Å²) in [6, 6.07) is 112. The van der Waals surface area contributed by atoms with Gasteiger partial charge in [0.2, 0.25) is 0 Å². The van der Waals surface area contributed by atoms with E-state index < -0.39 is 0 Å². The average molecular weight is 992 g/mol. The Bertz CT molecular complexity index is 4090. The Labute approximate surface area is 455 Å². The molecule has 13 aromatic carbocycles. The molecule has 0 N–H and O–H groups in total. The first-order chi connectivity index (χ1) is 38.7. The predicted octanol–water partition coefficient (Wildman–Crippen LogP) is 18.2. The fraction of sp³-hybridized carbons (Fsp3) is 0. The van der Waals surface area contributed by atoms with Gasteiger partial charge in [-0.15, -0.1) is 0 Å². The minimum Gasteiger partial charge on any atom is -0.311 e. The van der Waals surface area contributed by atoms with Crippen LogP contribution in [0.2, 0.25) is 0 Å². The van der Waals surface area contributed by atoms with Gasteiger partial charge < -0.3 is 14.7 Å². The third kappa shape index (κ3) is 7.85. The van der Waals surface area contributed by atoms with Gasteiger partial charge >= 0.3 is 0 Å². The van der Waals surface area contributed by atoms with Crippen molar-refractivity contribution in [3.8, 4) is 44.5 Å². The van der Waals surface area contributed by atoms with E-state index in [4.69, 9.17) is 0 Å². The average Bonchev–Trinajstić information content (AvgIpc) is 3.68. The lowest BCUT2D eigenvalue weighted by Gasteiger charge is -2.45. The van der Waals surface area contributed by atoms with Crippen LogP contribution in [-0.2, 0) is 0 Å². The molecule has 0 bridgehead atoms. The zero-order valence-corrected chi connectivity index (χ0v) is 42.8. The zero-order valence-electron chi connectivity index (χ0n) is 42.8. The molecule has 0 aromatic heterocycles. The third-order valence-corrected chi connectivity index (χ3v) is 16.0. The van der Waals surface area contributed by atoms with Crippen molar-refractivity contribution in [3.05, 3.63) is 303 Å². The molecule has 2 aliphatic rings. The Morgan fingerprint density at radius 1 is 0.231 bits per heavy atom. The maximum atomic E-state index is 2.54. The first kappa shape index (κ1) is 45.3. The van der Waals surface area contributed by atoms with Gasteiger partial charge in [0.25, 0.3) is 6.71 Å². The number of fused-ring (bicyclic) bond motifs is 6. The number of nitrogens with zero attached hydrogens (tertiary/aromatic N) is 3. The summed E-state index contributed by atoms with van der Waals surface area (Å²) < 4.78 is 0. The van der Waals surface area contributed by atoms with Crippen LogP contribution in [0.1, 0.15) is 0 Å². The Balaban J connectivity index is 1.05. The molecule has 13 aromatic rings. The van der Waals surface area contributed by atoms with Gasteiger partial charge in [0.1, 0.15) is 0 Å². The number of hydrogen-bond acceptors (Lipinski definition) is 3. The van der Waals surface area contributed by atoms with Gasteiger partial charge in [-0.25, -0.2) is 0 Å². The summed E-state index contributed by atoms with van der Waals surface area (Å²) in [5.74, 6) is 0. The molecule has 0 fully saturated rings. The van der Waals surface area contributed by atoms with Crippen LogP contribution in [0.15, 0.2) is 303 Å². The van der Waals surface area contributed by atoms with E-state index in [9.17, 15) is 0 Å². The van der Waals surface area contributed by atoms with E-state index in [0.717, 1.165) is 51.2 Å². The lowest BCUT2D eigenvalue weighted by molar-refractivity contribution is 1.23. The van der Waals surface area contributed by atoms with Gasteiger partial charge in [-0.3, -0.25) is 0 Å². The fourth-order valence-electron chi connectivity index (χ4n) is 12.2. The summed E-state index contributed by atoms with van der Waals surface area (Å²) in [5.41, 5.74) is 23.2. The van der Waals surface area contributed by atoms with Crippen LogP contribution in [0, 0.1) is 0 Å². The maximum absolute atomic E-state index is 2.54. The smallest absolute Gasteiger partial charge is 0.252 e. The molecule has 364 valence electrons. The van der Waals surface area contributed by atoms with E-state index in [1.807, 2.05) is 0 Å². The molecule has 0 radical (unpaired) electrons. The molecule has 0 amide bonds. The standard InChI is InChI=1S/C74H50BN3/c1-5-17-51(18-6-1)57-29-37-63(38-30-57)77-70-43-35-61(53-21-9-3-10-22-53)47-68(70)75-69-48-62(54-23-11-4-12-24-54)36-44-71(69)78(64-39-31-58(32-40-64)52-19-7-2-8-20-52)73-50-67(49-72(77)74(73)75)76(65-41-33-55-25-13-15-27-59(55)45-65)66-42-34-56-26-14-16-28-60(56)46-66/h1-50H. The SMILES string of the molecule is c1ccc(-c2ccc(N3c4ccc(-c5ccccc5)cc4B4c5cc(-c6ccccc6)ccc5N(c5ccc(-c6ccccc6)cc5)c5cc(N(c6ccc7ccccc7c6)c6ccc7ccccc7c6)cc3c54)cc2)cc1. The van der Waals surface area contributed by atoms with E-state index >= 15 is 0 Å². The van der Waals surface area contributed by atoms with Crippen molar-refractivity contribution >= 4 is 95.8 Å². The van der Waals surface area contributed by atoms with Crippen molar-refractivity contribution in [2.75, 3.05) is 14.7 Å². The zero-order chi connectivity index (χ0) is 51.5. The summed E-state index contributed by atoms with van der Waals surface area (Å²) in [7, 11) is 0. The lowest BCUT2D eigenvalue weighted by atomic mass is 9.33. The number of hydrogen-bond donors (Lipinski definition) is 0. The van der Waals surface area contributed by atoms with Crippen LogP contribution in [0.4, 0.5) is 51.2 Å². The summed E-state index contributed by atoms with van der Waals surface area (Å²) >= 11 is 0. The fourth-order valence-corrected chi connectivity index (χ4v) is 12.2. The Morgan fingerprint density at radius 3 is 0.962 bits per heavy atom. The molecule has 0 saturated carbocycles. The molecule has 2 aliphatic heterocycles. The molecule has 15 rings (SSSR count). The van der Waals surface area contributed by atoms with Crippen LogP contribution >= 0.6 is 0 Å². The predicted molar refractivity (Wildman–Crippen MR) is 332 cm³/mol. The van der Waals surface area contributed by atoms with Crippen molar-refractivity contribution in [2.24, 2.45) is 0 Å². The molecule has 3 nitrogen and oxygen atoms in total. The number of anilines is 9. The van der Waals surface area contributed by atoms with Crippen molar-refractivity contribution in [1.82, 2.24) is 0 Å². The monoisotopic (exact) mass is 991 g/mol. The van der Waals surface area contributed by atoms with Gasteiger partial charge in [-0.1, -0.05) is 231 Å². The quantitative estimate of drug-likeness (QED) is 0.133. The second-order valence-electron chi connectivity index (χ2n) is 20.5. The van der Waals surface area contributed by atoms with Crippen molar-refractivity contribution in [1.29, 1.82) is 0 Å². The Kier molecular flexibility index (Phi) is 11.0. The molecule has 0 atom stereocenters.